The summed E-state index contributed by atoms with van der Waals surface area (Å²) in [5, 5.41) is 7.29. The third-order valence-electron chi connectivity index (χ3n) is 3.17. The molecule has 2 heterocycles. The summed E-state index contributed by atoms with van der Waals surface area (Å²) in [6, 6.07) is 8.43. The Bertz CT molecular complexity index is 616. The van der Waals surface area contributed by atoms with Crippen LogP contribution in [0.1, 0.15) is 16.7 Å². The van der Waals surface area contributed by atoms with Crippen molar-refractivity contribution >= 4 is 33.3 Å². The second-order valence-corrected chi connectivity index (χ2v) is 5.83. The zero-order valence-electron chi connectivity index (χ0n) is 10.2. The van der Waals surface area contributed by atoms with Crippen LogP contribution in [-0.2, 0) is 19.6 Å². The van der Waals surface area contributed by atoms with Crippen molar-refractivity contribution in [3.8, 4) is 0 Å². The Kier molecular flexibility index (Phi) is 3.73. The predicted molar refractivity (Wildman–Crippen MR) is 81.3 cm³/mol. The molecule has 3 nitrogen and oxygen atoms in total. The minimum Gasteiger partial charge on any atom is -0.365 e. The van der Waals surface area contributed by atoms with Crippen molar-refractivity contribution in [1.82, 2.24) is 10.3 Å². The number of rotatable bonds is 3. The molecule has 0 bridgehead atoms. The lowest BCUT2D eigenvalue weighted by molar-refractivity contribution is 0.764. The van der Waals surface area contributed by atoms with E-state index in [1.54, 1.807) is 6.20 Å². The summed E-state index contributed by atoms with van der Waals surface area (Å²) in [6.07, 6.45) is 1.64. The lowest BCUT2D eigenvalue weighted by atomic mass is 10.1. The van der Waals surface area contributed by atoms with Crippen molar-refractivity contribution < 1.29 is 0 Å². The van der Waals surface area contributed by atoms with Gasteiger partial charge in [-0.1, -0.05) is 29.8 Å². The summed E-state index contributed by atoms with van der Waals surface area (Å²) in [5.41, 5.74) is 4.04. The quantitative estimate of drug-likeness (QED) is 0.896. The van der Waals surface area contributed by atoms with Crippen LogP contribution in [0.15, 0.2) is 34.9 Å². The highest BCUT2D eigenvalue weighted by molar-refractivity contribution is 9.10. The first-order chi connectivity index (χ1) is 9.22. The van der Waals surface area contributed by atoms with Crippen molar-refractivity contribution in [2.45, 2.75) is 19.6 Å². The van der Waals surface area contributed by atoms with E-state index in [0.29, 0.717) is 5.02 Å². The van der Waals surface area contributed by atoms with Gasteiger partial charge in [-0.3, -0.25) is 0 Å². The van der Waals surface area contributed by atoms with Gasteiger partial charge in [0, 0.05) is 25.8 Å². The highest BCUT2D eigenvalue weighted by Crippen LogP contribution is 2.24. The molecule has 1 aromatic carbocycles. The highest BCUT2D eigenvalue weighted by Gasteiger charge is 2.10. The van der Waals surface area contributed by atoms with E-state index >= 15 is 0 Å². The number of aromatic nitrogens is 1. The smallest absolute Gasteiger partial charge is 0.140 e. The molecule has 0 unspecified atom stereocenters. The third kappa shape index (κ3) is 2.91. The maximum absolute atomic E-state index is 5.87. The predicted octanol–water partition coefficient (Wildman–Crippen LogP) is 3.71. The molecule has 0 amide bonds. The molecule has 98 valence electrons. The number of pyridine rings is 1. The summed E-state index contributed by atoms with van der Waals surface area (Å²) in [5.74, 6) is 0.808. The summed E-state index contributed by atoms with van der Waals surface area (Å²) in [4.78, 5) is 4.26. The third-order valence-corrected chi connectivity index (χ3v) is 3.98. The average molecular weight is 339 g/mol. The second-order valence-electron chi connectivity index (χ2n) is 4.54. The Labute approximate surface area is 125 Å². The number of fused-ring (bicyclic) bond motifs is 1. The first-order valence-electron chi connectivity index (χ1n) is 6.09. The summed E-state index contributed by atoms with van der Waals surface area (Å²) >= 11 is 9.32. The van der Waals surface area contributed by atoms with E-state index in [-0.39, 0.29) is 0 Å². The van der Waals surface area contributed by atoms with Crippen LogP contribution >= 0.6 is 27.5 Å². The molecule has 2 aromatic rings. The van der Waals surface area contributed by atoms with Crippen LogP contribution in [0, 0.1) is 0 Å². The SMILES string of the molecule is Clc1cnc(NCc2ccc3c(c2)CNC3)c(Br)c1. The van der Waals surface area contributed by atoms with Gasteiger partial charge in [-0.05, 0) is 38.7 Å². The van der Waals surface area contributed by atoms with Gasteiger partial charge in [0.05, 0.1) is 9.50 Å². The Balaban J connectivity index is 1.72. The number of hydrogen-bond donors (Lipinski definition) is 2. The molecular weight excluding hydrogens is 326 g/mol. The maximum atomic E-state index is 5.87. The van der Waals surface area contributed by atoms with E-state index in [1.165, 1.54) is 16.7 Å². The molecule has 5 heteroatoms. The molecule has 0 aliphatic carbocycles. The number of anilines is 1. The zero-order valence-corrected chi connectivity index (χ0v) is 12.6. The monoisotopic (exact) mass is 337 g/mol. The molecule has 0 saturated carbocycles. The molecule has 0 spiro atoms. The maximum Gasteiger partial charge on any atom is 0.140 e. The van der Waals surface area contributed by atoms with E-state index in [2.05, 4.69) is 49.7 Å². The van der Waals surface area contributed by atoms with Crippen molar-refractivity contribution in [3.05, 3.63) is 56.6 Å². The molecule has 3 rings (SSSR count). The fourth-order valence-electron chi connectivity index (χ4n) is 2.19. The van der Waals surface area contributed by atoms with Crippen molar-refractivity contribution in [2.24, 2.45) is 0 Å². The molecule has 1 aliphatic heterocycles. The number of nitrogens with zero attached hydrogens (tertiary/aromatic N) is 1. The Hall–Kier alpha value is -1.10. The standard InChI is InChI=1S/C14H13BrClN3/c15-13-4-12(16)8-19-14(13)18-5-9-1-2-10-6-17-7-11(10)3-9/h1-4,8,17H,5-7H2,(H,18,19). The van der Waals surface area contributed by atoms with E-state index in [1.807, 2.05) is 6.07 Å². The van der Waals surface area contributed by atoms with Gasteiger partial charge in [-0.25, -0.2) is 4.98 Å². The molecule has 0 fully saturated rings. The van der Waals surface area contributed by atoms with Crippen LogP contribution in [0.4, 0.5) is 5.82 Å². The molecule has 2 N–H and O–H groups in total. The van der Waals surface area contributed by atoms with Crippen LogP contribution in [-0.4, -0.2) is 4.98 Å². The summed E-state index contributed by atoms with van der Waals surface area (Å²) in [6.45, 7) is 2.69. The van der Waals surface area contributed by atoms with Gasteiger partial charge in [0.1, 0.15) is 5.82 Å². The van der Waals surface area contributed by atoms with Gasteiger partial charge in [0.15, 0.2) is 0 Å². The lowest BCUT2D eigenvalue weighted by Crippen LogP contribution is -2.02. The highest BCUT2D eigenvalue weighted by atomic mass is 79.9. The van der Waals surface area contributed by atoms with Gasteiger partial charge >= 0.3 is 0 Å². The molecule has 19 heavy (non-hydrogen) atoms. The molecule has 1 aromatic heterocycles. The summed E-state index contributed by atoms with van der Waals surface area (Å²) in [7, 11) is 0. The zero-order chi connectivity index (χ0) is 13.2. The fraction of sp³-hybridized carbons (Fsp3) is 0.214. The normalized spacial score (nSPS) is 13.4. The second kappa shape index (κ2) is 5.49. The Morgan fingerprint density at radius 1 is 1.26 bits per heavy atom. The summed E-state index contributed by atoms with van der Waals surface area (Å²) < 4.78 is 0.878. The average Bonchev–Trinajstić information content (AvgIpc) is 2.85. The van der Waals surface area contributed by atoms with Crippen molar-refractivity contribution in [3.63, 3.8) is 0 Å². The van der Waals surface area contributed by atoms with E-state index < -0.39 is 0 Å². The van der Waals surface area contributed by atoms with Gasteiger partial charge in [-0.15, -0.1) is 0 Å². The van der Waals surface area contributed by atoms with Crippen LogP contribution in [0.3, 0.4) is 0 Å². The van der Waals surface area contributed by atoms with Crippen LogP contribution in [0.2, 0.25) is 5.02 Å². The van der Waals surface area contributed by atoms with Gasteiger partial charge in [-0.2, -0.15) is 0 Å². The molecule has 0 radical (unpaired) electrons. The van der Waals surface area contributed by atoms with Crippen molar-refractivity contribution in [2.75, 3.05) is 5.32 Å². The minimum atomic E-state index is 0.626. The molecular formula is C14H13BrClN3. The van der Waals surface area contributed by atoms with Gasteiger partial charge < -0.3 is 10.6 Å². The van der Waals surface area contributed by atoms with Gasteiger partial charge in [0.25, 0.3) is 0 Å². The Morgan fingerprint density at radius 3 is 2.95 bits per heavy atom. The number of halogens is 2. The first kappa shape index (κ1) is 12.9. The van der Waals surface area contributed by atoms with E-state index in [4.69, 9.17) is 11.6 Å². The molecule has 1 aliphatic rings. The van der Waals surface area contributed by atoms with E-state index in [0.717, 1.165) is 29.9 Å². The van der Waals surface area contributed by atoms with Crippen LogP contribution in [0.5, 0.6) is 0 Å². The Morgan fingerprint density at radius 2 is 2.11 bits per heavy atom. The number of benzene rings is 1. The lowest BCUT2D eigenvalue weighted by Gasteiger charge is -2.09. The largest absolute Gasteiger partial charge is 0.365 e. The number of nitrogens with one attached hydrogen (secondary N) is 2. The molecule has 0 atom stereocenters. The molecule has 0 saturated heterocycles. The van der Waals surface area contributed by atoms with Gasteiger partial charge in [0.2, 0.25) is 0 Å². The van der Waals surface area contributed by atoms with Crippen molar-refractivity contribution in [1.29, 1.82) is 0 Å². The number of hydrogen-bond acceptors (Lipinski definition) is 3. The van der Waals surface area contributed by atoms with E-state index in [9.17, 15) is 0 Å². The fourth-order valence-corrected chi connectivity index (χ4v) is 2.97. The topological polar surface area (TPSA) is 37.0 Å². The minimum absolute atomic E-state index is 0.626. The first-order valence-corrected chi connectivity index (χ1v) is 7.26. The van der Waals surface area contributed by atoms with Crippen LogP contribution in [0.25, 0.3) is 0 Å². The van der Waals surface area contributed by atoms with Crippen LogP contribution < -0.4 is 10.6 Å².